The van der Waals surface area contributed by atoms with E-state index in [-0.39, 0.29) is 34.0 Å². The molecule has 0 amide bonds. The number of benzene rings is 1. The standard InChI is InChI=1S/C21H33N7.2BrH/c1-4-27(14-18-28-15-11-26(12-16-28)13-17-28)20-7-5-19(6-8-20)22-23-21-24(2)9-10-25(21)3;;/h5-10H,4,11-18H2,1-3H3;2*1H/q+2;;/p-2. The predicted molar refractivity (Wildman–Crippen MR) is 111 cm³/mol. The van der Waals surface area contributed by atoms with Crippen LogP contribution < -0.4 is 43.4 Å². The molecule has 9 heteroatoms. The van der Waals surface area contributed by atoms with Crippen LogP contribution in [0.4, 0.5) is 17.3 Å². The van der Waals surface area contributed by atoms with E-state index in [1.807, 2.05) is 35.6 Å². The fourth-order valence-electron chi connectivity index (χ4n) is 4.43. The number of anilines is 1. The van der Waals surface area contributed by atoms with Crippen LogP contribution in [0.1, 0.15) is 6.92 Å². The number of nitrogens with zero attached hydrogens (tertiary/aromatic N) is 7. The zero-order valence-corrected chi connectivity index (χ0v) is 21.4. The molecule has 166 valence electrons. The quantitative estimate of drug-likeness (QED) is 0.205. The van der Waals surface area contributed by atoms with Crippen molar-refractivity contribution < 1.29 is 43.0 Å². The fraction of sp³-hybridized carbons (Fsp3) is 0.571. The molecule has 3 aliphatic heterocycles. The number of likely N-dealkylation sites (N-methyl/N-ethyl adjacent to an activating group) is 1. The van der Waals surface area contributed by atoms with Gasteiger partial charge in [0.15, 0.2) is 0 Å². The molecule has 3 fully saturated rings. The van der Waals surface area contributed by atoms with E-state index in [0.29, 0.717) is 0 Å². The lowest BCUT2D eigenvalue weighted by Crippen LogP contribution is -3.00. The van der Waals surface area contributed by atoms with Gasteiger partial charge in [0.1, 0.15) is 5.69 Å². The summed E-state index contributed by atoms with van der Waals surface area (Å²) >= 11 is 0. The summed E-state index contributed by atoms with van der Waals surface area (Å²) in [6, 6.07) is 8.49. The second-order valence-corrected chi connectivity index (χ2v) is 8.19. The van der Waals surface area contributed by atoms with E-state index in [4.69, 9.17) is 0 Å². The first-order valence-electron chi connectivity index (χ1n) is 10.4. The van der Waals surface area contributed by atoms with E-state index in [0.717, 1.165) is 24.7 Å². The summed E-state index contributed by atoms with van der Waals surface area (Å²) in [5, 5.41) is 8.79. The van der Waals surface area contributed by atoms with Gasteiger partial charge < -0.3 is 43.3 Å². The highest BCUT2D eigenvalue weighted by molar-refractivity contribution is 5.52. The number of quaternary nitrogens is 1. The van der Waals surface area contributed by atoms with Crippen molar-refractivity contribution in [1.29, 1.82) is 0 Å². The first-order valence-corrected chi connectivity index (χ1v) is 10.4. The first-order chi connectivity index (χ1) is 13.6. The highest BCUT2D eigenvalue weighted by atomic mass is 79.9. The van der Waals surface area contributed by atoms with Gasteiger partial charge >= 0.3 is 5.95 Å². The van der Waals surface area contributed by atoms with Gasteiger partial charge in [-0.25, -0.2) is 9.13 Å². The molecule has 3 saturated heterocycles. The molecule has 0 spiro atoms. The molecule has 0 radical (unpaired) electrons. The van der Waals surface area contributed by atoms with E-state index in [1.54, 1.807) is 0 Å². The van der Waals surface area contributed by atoms with Crippen molar-refractivity contribution in [1.82, 2.24) is 9.47 Å². The topological polar surface area (TPSA) is 40.0 Å². The van der Waals surface area contributed by atoms with Crippen LogP contribution in [0, 0.1) is 0 Å². The summed E-state index contributed by atoms with van der Waals surface area (Å²) in [7, 11) is 3.95. The third-order valence-electron chi connectivity index (χ3n) is 6.51. The number of rotatable bonds is 7. The van der Waals surface area contributed by atoms with Gasteiger partial charge in [-0.1, -0.05) is 5.11 Å². The molecule has 30 heavy (non-hydrogen) atoms. The smallest absolute Gasteiger partial charge is 0.421 e. The van der Waals surface area contributed by atoms with Crippen LogP contribution in [-0.2, 0) is 14.1 Å². The minimum Gasteiger partial charge on any atom is -1.00 e. The van der Waals surface area contributed by atoms with Crippen molar-refractivity contribution >= 4 is 17.3 Å². The molecule has 3 aliphatic rings. The van der Waals surface area contributed by atoms with Gasteiger partial charge in [-0.3, -0.25) is 4.90 Å². The van der Waals surface area contributed by atoms with Gasteiger partial charge in [0.25, 0.3) is 0 Å². The van der Waals surface area contributed by atoms with Crippen LogP contribution in [0.3, 0.4) is 0 Å². The second-order valence-electron chi connectivity index (χ2n) is 8.19. The van der Waals surface area contributed by atoms with Crippen molar-refractivity contribution in [2.24, 2.45) is 24.3 Å². The second kappa shape index (κ2) is 10.8. The number of hydrogen-bond donors (Lipinski definition) is 0. The first kappa shape index (κ1) is 25.0. The molecule has 2 aromatic rings. The lowest BCUT2D eigenvalue weighted by Gasteiger charge is -2.51. The predicted octanol–water partition coefficient (Wildman–Crippen LogP) is -3.75. The lowest BCUT2D eigenvalue weighted by atomic mass is 10.1. The highest BCUT2D eigenvalue weighted by Crippen LogP contribution is 2.23. The van der Waals surface area contributed by atoms with Crippen LogP contribution in [0.2, 0.25) is 0 Å². The molecular formula is C21H33Br2N7. The summed E-state index contributed by atoms with van der Waals surface area (Å²) in [6.07, 6.45) is 3.95. The molecular weight excluding hydrogens is 510 g/mol. The van der Waals surface area contributed by atoms with Crippen molar-refractivity contribution in [3.63, 3.8) is 0 Å². The molecule has 4 heterocycles. The van der Waals surface area contributed by atoms with Crippen LogP contribution in [0.15, 0.2) is 46.9 Å². The van der Waals surface area contributed by atoms with E-state index >= 15 is 0 Å². The van der Waals surface area contributed by atoms with Crippen molar-refractivity contribution in [3.05, 3.63) is 36.7 Å². The maximum Gasteiger partial charge on any atom is 0.421 e. The third-order valence-corrected chi connectivity index (χ3v) is 6.51. The number of halogens is 2. The summed E-state index contributed by atoms with van der Waals surface area (Å²) < 4.78 is 5.24. The minimum atomic E-state index is 0. The maximum atomic E-state index is 4.40. The molecule has 1 aromatic carbocycles. The number of aryl methyl sites for hydroxylation is 2. The lowest BCUT2D eigenvalue weighted by molar-refractivity contribution is -0.939. The highest BCUT2D eigenvalue weighted by Gasteiger charge is 2.38. The van der Waals surface area contributed by atoms with Crippen LogP contribution in [0.5, 0.6) is 0 Å². The number of piperazine rings is 3. The number of fused-ring (bicyclic) bond motifs is 3. The monoisotopic (exact) mass is 541 g/mol. The van der Waals surface area contributed by atoms with Crippen molar-refractivity contribution in [2.75, 3.05) is 63.8 Å². The van der Waals surface area contributed by atoms with Gasteiger partial charge in [-0.05, 0) is 31.2 Å². The van der Waals surface area contributed by atoms with Crippen molar-refractivity contribution in [3.8, 4) is 0 Å². The maximum absolute atomic E-state index is 4.40. The van der Waals surface area contributed by atoms with Gasteiger partial charge in [0, 0.05) is 37.0 Å². The third kappa shape index (κ3) is 5.49. The molecule has 7 nitrogen and oxygen atoms in total. The number of hydrogen-bond acceptors (Lipinski definition) is 4. The Morgan fingerprint density at radius 1 is 1.03 bits per heavy atom. The van der Waals surface area contributed by atoms with Crippen LogP contribution in [0.25, 0.3) is 0 Å². The largest absolute Gasteiger partial charge is 1.00 e. The van der Waals surface area contributed by atoms with Gasteiger partial charge in [-0.15, -0.1) is 0 Å². The van der Waals surface area contributed by atoms with Gasteiger partial charge in [0.2, 0.25) is 0 Å². The molecule has 1 aromatic heterocycles. The van der Waals surface area contributed by atoms with Crippen LogP contribution >= 0.6 is 0 Å². The molecule has 0 unspecified atom stereocenters. The Balaban J connectivity index is 0.00000160. The molecule has 2 bridgehead atoms. The Morgan fingerprint density at radius 2 is 1.67 bits per heavy atom. The summed E-state index contributed by atoms with van der Waals surface area (Å²) in [5.74, 6) is 0.829. The Morgan fingerprint density at radius 3 is 2.20 bits per heavy atom. The average molecular weight is 543 g/mol. The van der Waals surface area contributed by atoms with Gasteiger partial charge in [0.05, 0.1) is 59.2 Å². The number of aromatic nitrogens is 2. The summed E-state index contributed by atoms with van der Waals surface area (Å²) in [5.41, 5.74) is 2.16. The van der Waals surface area contributed by atoms with E-state index in [9.17, 15) is 0 Å². The van der Waals surface area contributed by atoms with Gasteiger partial charge in [-0.2, -0.15) is 0 Å². The molecule has 0 aliphatic carbocycles. The summed E-state index contributed by atoms with van der Waals surface area (Å²) in [6.45, 7) is 13.5. The number of imidazole rings is 1. The molecule has 0 atom stereocenters. The molecule has 5 rings (SSSR count). The Labute approximate surface area is 201 Å². The summed E-state index contributed by atoms with van der Waals surface area (Å²) in [4.78, 5) is 5.10. The Kier molecular flexibility index (Phi) is 9.02. The Hall–Kier alpha value is -1.29. The molecule has 0 saturated carbocycles. The minimum absolute atomic E-state index is 0. The number of azo groups is 1. The van der Waals surface area contributed by atoms with E-state index in [1.165, 1.54) is 56.0 Å². The van der Waals surface area contributed by atoms with E-state index < -0.39 is 0 Å². The van der Waals surface area contributed by atoms with Crippen LogP contribution in [-0.4, -0.2) is 72.9 Å². The normalized spacial score (nSPS) is 22.6. The SMILES string of the molecule is CCN(CC[N+]12CCN(CC1)CC2)c1ccc(/N=N/c2n(C)cc[n+]2C)cc1.[Br-].[Br-]. The van der Waals surface area contributed by atoms with E-state index in [2.05, 4.69) is 51.2 Å². The molecule has 0 N–H and O–H groups in total. The zero-order valence-electron chi connectivity index (χ0n) is 18.2. The average Bonchev–Trinajstić information content (AvgIpc) is 3.06. The zero-order chi connectivity index (χ0) is 19.6. The fourth-order valence-corrected chi connectivity index (χ4v) is 4.43. The van der Waals surface area contributed by atoms with Crippen molar-refractivity contribution in [2.45, 2.75) is 6.92 Å². The Bertz CT molecular complexity index is 793.